The summed E-state index contributed by atoms with van der Waals surface area (Å²) in [7, 11) is 0. The molecule has 2 atom stereocenters. The van der Waals surface area contributed by atoms with Crippen LogP contribution in [0.25, 0.3) is 0 Å². The van der Waals surface area contributed by atoms with E-state index in [0.29, 0.717) is 5.92 Å². The van der Waals surface area contributed by atoms with E-state index in [-0.39, 0.29) is 6.04 Å². The number of nitrogens with one attached hydrogen (secondary N) is 1. The fourth-order valence-electron chi connectivity index (χ4n) is 2.11. The van der Waals surface area contributed by atoms with Gasteiger partial charge in [-0.2, -0.15) is 13.2 Å². The zero-order valence-corrected chi connectivity index (χ0v) is 10.7. The molecule has 2 unspecified atom stereocenters. The van der Waals surface area contributed by atoms with Crippen LogP contribution in [0.5, 0.6) is 0 Å². The third-order valence-corrected chi connectivity index (χ3v) is 3.44. The number of aliphatic hydroxyl groups is 1. The third-order valence-electron chi connectivity index (χ3n) is 3.44. The summed E-state index contributed by atoms with van der Waals surface area (Å²) in [4.78, 5) is 0. The Hall–Kier alpha value is -1.07. The lowest BCUT2D eigenvalue weighted by Gasteiger charge is -2.22. The minimum absolute atomic E-state index is 0.0994. The topological polar surface area (TPSA) is 32.3 Å². The maximum absolute atomic E-state index is 12.3. The van der Waals surface area contributed by atoms with Gasteiger partial charge in [0.15, 0.2) is 6.10 Å². The van der Waals surface area contributed by atoms with Gasteiger partial charge in [-0.05, 0) is 31.2 Å². The summed E-state index contributed by atoms with van der Waals surface area (Å²) in [5.74, 6) is 0.378. The molecule has 0 radical (unpaired) electrons. The van der Waals surface area contributed by atoms with Crippen molar-refractivity contribution >= 4 is 0 Å². The largest absolute Gasteiger partial charge is 0.415 e. The molecule has 2 rings (SSSR count). The Bertz CT molecular complexity index is 412. The number of hydrogen-bond donors (Lipinski definition) is 2. The lowest BCUT2D eigenvalue weighted by Crippen LogP contribution is -2.40. The van der Waals surface area contributed by atoms with Crippen LogP contribution in [-0.2, 0) is 0 Å². The Kier molecular flexibility index (Phi) is 4.16. The first kappa shape index (κ1) is 14.3. The van der Waals surface area contributed by atoms with Gasteiger partial charge in [0.1, 0.15) is 0 Å². The Balaban J connectivity index is 1.99. The fourth-order valence-corrected chi connectivity index (χ4v) is 2.11. The van der Waals surface area contributed by atoms with Crippen LogP contribution in [0.3, 0.4) is 0 Å². The molecule has 0 aromatic heterocycles. The molecule has 5 heteroatoms. The van der Waals surface area contributed by atoms with E-state index in [4.69, 9.17) is 5.11 Å². The van der Waals surface area contributed by atoms with Crippen LogP contribution < -0.4 is 5.32 Å². The second-order valence-electron chi connectivity index (χ2n) is 5.19. The van der Waals surface area contributed by atoms with Crippen molar-refractivity contribution in [2.45, 2.75) is 38.1 Å². The highest BCUT2D eigenvalue weighted by molar-refractivity contribution is 5.25. The second kappa shape index (κ2) is 5.51. The van der Waals surface area contributed by atoms with Crippen LogP contribution in [0.1, 0.15) is 30.0 Å². The highest BCUT2D eigenvalue weighted by atomic mass is 19.4. The second-order valence-corrected chi connectivity index (χ2v) is 5.19. The van der Waals surface area contributed by atoms with E-state index in [2.05, 4.69) is 5.32 Å². The van der Waals surface area contributed by atoms with E-state index < -0.39 is 18.8 Å². The molecule has 106 valence electrons. The average Bonchev–Trinajstić information content (AvgIpc) is 3.14. The van der Waals surface area contributed by atoms with Crippen molar-refractivity contribution in [3.8, 4) is 0 Å². The SMILES string of the molecule is Cc1ccc(C(NCC(O)C(F)(F)F)C2CC2)cc1. The molecule has 1 aliphatic rings. The Morgan fingerprint density at radius 1 is 1.26 bits per heavy atom. The van der Waals surface area contributed by atoms with Gasteiger partial charge in [0.25, 0.3) is 0 Å². The predicted molar refractivity (Wildman–Crippen MR) is 66.7 cm³/mol. The maximum Gasteiger partial charge on any atom is 0.415 e. The number of alkyl halides is 3. The number of hydrogen-bond acceptors (Lipinski definition) is 2. The summed E-state index contributed by atoms with van der Waals surface area (Å²) in [6.07, 6.45) is -4.82. The smallest absolute Gasteiger partial charge is 0.382 e. The summed E-state index contributed by atoms with van der Waals surface area (Å²) in [5, 5.41) is 11.9. The first-order valence-corrected chi connectivity index (χ1v) is 6.42. The molecule has 0 spiro atoms. The molecule has 1 saturated carbocycles. The van der Waals surface area contributed by atoms with Crippen LogP contribution >= 0.6 is 0 Å². The summed E-state index contributed by atoms with van der Waals surface area (Å²) in [6, 6.07) is 7.67. The van der Waals surface area contributed by atoms with Crippen molar-refractivity contribution in [1.82, 2.24) is 5.32 Å². The van der Waals surface area contributed by atoms with Crippen molar-refractivity contribution in [2.24, 2.45) is 5.92 Å². The van der Waals surface area contributed by atoms with Crippen LogP contribution in [0, 0.1) is 12.8 Å². The van der Waals surface area contributed by atoms with Crippen molar-refractivity contribution in [2.75, 3.05) is 6.54 Å². The van der Waals surface area contributed by atoms with Crippen LogP contribution in [0.2, 0.25) is 0 Å². The van der Waals surface area contributed by atoms with Crippen molar-refractivity contribution in [3.63, 3.8) is 0 Å². The molecule has 0 amide bonds. The van der Waals surface area contributed by atoms with Gasteiger partial charge in [0.05, 0.1) is 0 Å². The number of rotatable bonds is 5. The normalized spacial score (nSPS) is 19.2. The van der Waals surface area contributed by atoms with Gasteiger partial charge in [-0.1, -0.05) is 29.8 Å². The minimum atomic E-state index is -4.56. The fraction of sp³-hybridized carbons (Fsp3) is 0.571. The van der Waals surface area contributed by atoms with Gasteiger partial charge in [-0.25, -0.2) is 0 Å². The average molecular weight is 273 g/mol. The number of halogens is 3. The zero-order chi connectivity index (χ0) is 14.0. The summed E-state index contributed by atoms with van der Waals surface area (Å²) in [5.41, 5.74) is 2.11. The molecule has 0 aliphatic heterocycles. The molecule has 1 fully saturated rings. The molecular weight excluding hydrogens is 255 g/mol. The van der Waals surface area contributed by atoms with E-state index in [1.165, 1.54) is 0 Å². The molecular formula is C14H18F3NO. The summed E-state index contributed by atoms with van der Waals surface area (Å²) < 4.78 is 36.8. The molecule has 1 aliphatic carbocycles. The van der Waals surface area contributed by atoms with Gasteiger partial charge in [-0.15, -0.1) is 0 Å². The maximum atomic E-state index is 12.3. The van der Waals surface area contributed by atoms with Crippen LogP contribution in [-0.4, -0.2) is 23.9 Å². The van der Waals surface area contributed by atoms with Crippen molar-refractivity contribution in [1.29, 1.82) is 0 Å². The first-order chi connectivity index (χ1) is 8.88. The molecule has 1 aromatic carbocycles. The van der Waals surface area contributed by atoms with Crippen LogP contribution in [0.15, 0.2) is 24.3 Å². The van der Waals surface area contributed by atoms with Gasteiger partial charge < -0.3 is 10.4 Å². The lowest BCUT2D eigenvalue weighted by molar-refractivity contribution is -0.202. The monoisotopic (exact) mass is 273 g/mol. The molecule has 0 saturated heterocycles. The molecule has 2 nitrogen and oxygen atoms in total. The summed E-state index contributed by atoms with van der Waals surface area (Å²) in [6.45, 7) is 1.51. The Morgan fingerprint density at radius 3 is 2.32 bits per heavy atom. The summed E-state index contributed by atoms with van der Waals surface area (Å²) >= 11 is 0. The molecule has 0 heterocycles. The quantitative estimate of drug-likeness (QED) is 0.864. The number of aliphatic hydroxyl groups excluding tert-OH is 1. The number of benzene rings is 1. The molecule has 0 bridgehead atoms. The Morgan fingerprint density at radius 2 is 1.84 bits per heavy atom. The van der Waals surface area contributed by atoms with E-state index in [1.807, 2.05) is 31.2 Å². The van der Waals surface area contributed by atoms with E-state index in [0.717, 1.165) is 24.0 Å². The zero-order valence-electron chi connectivity index (χ0n) is 10.7. The van der Waals surface area contributed by atoms with Gasteiger partial charge in [0, 0.05) is 12.6 Å². The Labute approximate surface area is 110 Å². The van der Waals surface area contributed by atoms with Gasteiger partial charge in [-0.3, -0.25) is 0 Å². The van der Waals surface area contributed by atoms with Crippen molar-refractivity contribution < 1.29 is 18.3 Å². The molecule has 19 heavy (non-hydrogen) atoms. The lowest BCUT2D eigenvalue weighted by atomic mass is 10.0. The molecule has 2 N–H and O–H groups in total. The highest BCUT2D eigenvalue weighted by Crippen LogP contribution is 2.41. The molecule has 1 aromatic rings. The van der Waals surface area contributed by atoms with Gasteiger partial charge in [0.2, 0.25) is 0 Å². The number of aryl methyl sites for hydroxylation is 1. The van der Waals surface area contributed by atoms with Gasteiger partial charge >= 0.3 is 6.18 Å². The minimum Gasteiger partial charge on any atom is -0.382 e. The van der Waals surface area contributed by atoms with E-state index in [9.17, 15) is 13.2 Å². The predicted octanol–water partition coefficient (Wildman–Crippen LogP) is 2.96. The van der Waals surface area contributed by atoms with E-state index in [1.54, 1.807) is 0 Å². The standard InChI is InChI=1S/C14H18F3NO/c1-9-2-4-10(5-3-9)13(11-6-7-11)18-8-12(19)14(15,16)17/h2-5,11-13,18-19H,6-8H2,1H3. The van der Waals surface area contributed by atoms with Crippen molar-refractivity contribution in [3.05, 3.63) is 35.4 Å². The first-order valence-electron chi connectivity index (χ1n) is 6.42. The third kappa shape index (κ3) is 3.94. The highest BCUT2D eigenvalue weighted by Gasteiger charge is 2.39. The van der Waals surface area contributed by atoms with E-state index >= 15 is 0 Å². The van der Waals surface area contributed by atoms with Crippen LogP contribution in [0.4, 0.5) is 13.2 Å².